The van der Waals surface area contributed by atoms with E-state index >= 15 is 0 Å². The number of ether oxygens (including phenoxy) is 2. The Kier molecular flexibility index (Phi) is 6.33. The highest BCUT2D eigenvalue weighted by Gasteiger charge is 2.30. The third-order valence-electron chi connectivity index (χ3n) is 6.74. The number of methoxy groups -OCH3 is 1. The van der Waals surface area contributed by atoms with Gasteiger partial charge in [-0.2, -0.15) is 0 Å². The first-order chi connectivity index (χ1) is 16.6. The minimum atomic E-state index is -0.315. The van der Waals surface area contributed by atoms with E-state index in [1.54, 1.807) is 6.07 Å². The molecule has 0 amide bonds. The van der Waals surface area contributed by atoms with Crippen molar-refractivity contribution in [1.29, 1.82) is 0 Å². The van der Waals surface area contributed by atoms with Gasteiger partial charge in [0.2, 0.25) is 0 Å². The zero-order chi connectivity index (χ0) is 23.5. The van der Waals surface area contributed by atoms with Crippen LogP contribution in [0.5, 0.6) is 5.75 Å². The first-order valence-electron chi connectivity index (χ1n) is 11.8. The number of carbonyl (C=O) groups is 1. The fourth-order valence-corrected chi connectivity index (χ4v) is 4.98. The van der Waals surface area contributed by atoms with Crippen LogP contribution in [0.25, 0.3) is 10.8 Å². The largest absolute Gasteiger partial charge is 0.489 e. The SMILES string of the molecule is COC(=O)c1cccc([C@H]2C[C@@H](CNC(C)c3cccc4ccccc34)Oc3ccccc32)c1. The van der Waals surface area contributed by atoms with Crippen molar-refractivity contribution >= 4 is 16.7 Å². The van der Waals surface area contributed by atoms with E-state index in [2.05, 4.69) is 66.8 Å². The van der Waals surface area contributed by atoms with Crippen molar-refractivity contribution < 1.29 is 14.3 Å². The molecule has 5 rings (SSSR count). The number of para-hydroxylation sites is 1. The van der Waals surface area contributed by atoms with Gasteiger partial charge in [0.05, 0.1) is 12.7 Å². The van der Waals surface area contributed by atoms with Gasteiger partial charge < -0.3 is 14.8 Å². The molecule has 34 heavy (non-hydrogen) atoms. The summed E-state index contributed by atoms with van der Waals surface area (Å²) in [5, 5.41) is 6.23. The summed E-state index contributed by atoms with van der Waals surface area (Å²) >= 11 is 0. The lowest BCUT2D eigenvalue weighted by Gasteiger charge is -2.33. The van der Waals surface area contributed by atoms with Gasteiger partial charge in [-0.25, -0.2) is 4.79 Å². The summed E-state index contributed by atoms with van der Waals surface area (Å²) in [5.41, 5.74) is 4.12. The predicted molar refractivity (Wildman–Crippen MR) is 135 cm³/mol. The number of fused-ring (bicyclic) bond motifs is 2. The molecule has 1 unspecified atom stereocenters. The lowest BCUT2D eigenvalue weighted by molar-refractivity contribution is 0.0600. The van der Waals surface area contributed by atoms with E-state index in [0.717, 1.165) is 29.8 Å². The molecule has 4 nitrogen and oxygen atoms in total. The Morgan fingerprint density at radius 1 is 1.00 bits per heavy atom. The Hall–Kier alpha value is -3.63. The Morgan fingerprint density at radius 2 is 1.76 bits per heavy atom. The molecule has 172 valence electrons. The molecule has 1 aliphatic heterocycles. The minimum Gasteiger partial charge on any atom is -0.489 e. The van der Waals surface area contributed by atoms with Gasteiger partial charge >= 0.3 is 5.97 Å². The molecular weight excluding hydrogens is 422 g/mol. The van der Waals surface area contributed by atoms with Crippen LogP contribution in [0.15, 0.2) is 91.0 Å². The van der Waals surface area contributed by atoms with Crippen LogP contribution in [0.4, 0.5) is 0 Å². The Morgan fingerprint density at radius 3 is 2.65 bits per heavy atom. The molecule has 1 N–H and O–H groups in total. The van der Waals surface area contributed by atoms with Gasteiger partial charge in [0.25, 0.3) is 0 Å². The highest BCUT2D eigenvalue weighted by Crippen LogP contribution is 2.40. The summed E-state index contributed by atoms with van der Waals surface area (Å²) in [7, 11) is 1.41. The predicted octanol–water partition coefficient (Wildman–Crippen LogP) is 6.26. The van der Waals surface area contributed by atoms with Crippen LogP contribution in [0.1, 0.15) is 52.4 Å². The number of benzene rings is 4. The van der Waals surface area contributed by atoms with E-state index in [1.807, 2.05) is 30.3 Å². The molecule has 4 aromatic rings. The third kappa shape index (κ3) is 4.42. The molecule has 4 aromatic carbocycles. The fourth-order valence-electron chi connectivity index (χ4n) is 4.98. The lowest BCUT2D eigenvalue weighted by Crippen LogP contribution is -2.37. The molecule has 1 aliphatic rings. The van der Waals surface area contributed by atoms with Crippen molar-refractivity contribution in [1.82, 2.24) is 5.32 Å². The Balaban J connectivity index is 1.37. The van der Waals surface area contributed by atoms with Gasteiger partial charge in [-0.05, 0) is 53.4 Å². The molecule has 0 saturated heterocycles. The Bertz CT molecular complexity index is 1310. The molecule has 1 heterocycles. The number of nitrogens with one attached hydrogen (secondary N) is 1. The van der Waals surface area contributed by atoms with E-state index in [0.29, 0.717) is 5.56 Å². The summed E-state index contributed by atoms with van der Waals surface area (Å²) in [5.74, 6) is 0.741. The van der Waals surface area contributed by atoms with Crippen molar-refractivity contribution in [3.8, 4) is 5.75 Å². The van der Waals surface area contributed by atoms with Crippen LogP contribution in [-0.2, 0) is 4.74 Å². The minimum absolute atomic E-state index is 0.0131. The maximum absolute atomic E-state index is 12.1. The van der Waals surface area contributed by atoms with Gasteiger partial charge in [-0.15, -0.1) is 0 Å². The number of hydrogen-bond acceptors (Lipinski definition) is 4. The van der Waals surface area contributed by atoms with Crippen LogP contribution in [0.3, 0.4) is 0 Å². The molecule has 0 aromatic heterocycles. The summed E-state index contributed by atoms with van der Waals surface area (Å²) in [6.45, 7) is 2.93. The lowest BCUT2D eigenvalue weighted by atomic mass is 9.83. The van der Waals surface area contributed by atoms with Gasteiger partial charge in [0.1, 0.15) is 11.9 Å². The van der Waals surface area contributed by atoms with Crippen molar-refractivity contribution in [3.05, 3.63) is 113 Å². The molecule has 4 heteroatoms. The second-order valence-corrected chi connectivity index (χ2v) is 8.88. The molecular formula is C30H29NO3. The van der Waals surface area contributed by atoms with Crippen molar-refractivity contribution in [2.45, 2.75) is 31.4 Å². The van der Waals surface area contributed by atoms with Crippen LogP contribution in [-0.4, -0.2) is 25.7 Å². The number of hydrogen-bond donors (Lipinski definition) is 1. The molecule has 0 bridgehead atoms. The molecule has 0 fully saturated rings. The first-order valence-corrected chi connectivity index (χ1v) is 11.8. The van der Waals surface area contributed by atoms with E-state index in [-0.39, 0.29) is 24.0 Å². The zero-order valence-corrected chi connectivity index (χ0v) is 19.5. The highest BCUT2D eigenvalue weighted by molar-refractivity contribution is 5.89. The normalized spacial score (nSPS) is 18.1. The van der Waals surface area contributed by atoms with Crippen molar-refractivity contribution in [3.63, 3.8) is 0 Å². The molecule has 0 spiro atoms. The maximum Gasteiger partial charge on any atom is 0.337 e. The van der Waals surface area contributed by atoms with Gasteiger partial charge in [0, 0.05) is 24.1 Å². The van der Waals surface area contributed by atoms with E-state index < -0.39 is 0 Å². The van der Waals surface area contributed by atoms with E-state index in [1.165, 1.54) is 23.4 Å². The molecule has 0 saturated carbocycles. The Labute approximate surface area is 200 Å². The monoisotopic (exact) mass is 451 g/mol. The van der Waals surface area contributed by atoms with Crippen LogP contribution < -0.4 is 10.1 Å². The third-order valence-corrected chi connectivity index (χ3v) is 6.74. The summed E-state index contributed by atoms with van der Waals surface area (Å²) in [6.07, 6.45) is 0.843. The van der Waals surface area contributed by atoms with Crippen LogP contribution in [0.2, 0.25) is 0 Å². The first kappa shape index (κ1) is 22.2. The van der Waals surface area contributed by atoms with E-state index in [4.69, 9.17) is 9.47 Å². The smallest absolute Gasteiger partial charge is 0.337 e. The zero-order valence-electron chi connectivity index (χ0n) is 19.5. The summed E-state index contributed by atoms with van der Waals surface area (Å²) < 4.78 is 11.3. The second-order valence-electron chi connectivity index (χ2n) is 8.88. The van der Waals surface area contributed by atoms with Gasteiger partial charge in [-0.1, -0.05) is 72.8 Å². The number of carbonyl (C=O) groups excluding carboxylic acids is 1. The van der Waals surface area contributed by atoms with Crippen LogP contribution >= 0.6 is 0 Å². The van der Waals surface area contributed by atoms with Crippen LogP contribution in [0, 0.1) is 0 Å². The molecule has 0 aliphatic carbocycles. The topological polar surface area (TPSA) is 47.6 Å². The van der Waals surface area contributed by atoms with Gasteiger partial charge in [-0.3, -0.25) is 0 Å². The summed E-state index contributed by atoms with van der Waals surface area (Å²) in [6, 6.07) is 31.1. The average Bonchev–Trinajstić information content (AvgIpc) is 2.90. The average molecular weight is 452 g/mol. The van der Waals surface area contributed by atoms with Crippen molar-refractivity contribution in [2.75, 3.05) is 13.7 Å². The van der Waals surface area contributed by atoms with Gasteiger partial charge in [0.15, 0.2) is 0 Å². The standard InChI is InChI=1S/C30H29NO3/c1-20(25-15-8-10-21-9-3-4-13-26(21)25)31-19-24-18-28(27-14-5-6-16-29(27)34-24)22-11-7-12-23(17-22)30(32)33-2/h3-17,20,24,28,31H,18-19H2,1-2H3/t20?,24-,28+/m0/s1. The number of esters is 1. The fraction of sp³-hybridized carbons (Fsp3) is 0.233. The second kappa shape index (κ2) is 9.70. The summed E-state index contributed by atoms with van der Waals surface area (Å²) in [4.78, 5) is 12.1. The van der Waals surface area contributed by atoms with E-state index in [9.17, 15) is 4.79 Å². The van der Waals surface area contributed by atoms with Crippen molar-refractivity contribution in [2.24, 2.45) is 0 Å². The quantitative estimate of drug-likeness (QED) is 0.352. The number of rotatable bonds is 6. The highest BCUT2D eigenvalue weighted by atomic mass is 16.5. The molecule has 0 radical (unpaired) electrons. The maximum atomic E-state index is 12.1. The molecule has 3 atom stereocenters.